The van der Waals surface area contributed by atoms with E-state index in [1.54, 1.807) is 6.07 Å². The fourth-order valence-electron chi connectivity index (χ4n) is 3.17. The first-order valence-electron chi connectivity index (χ1n) is 9.31. The maximum atomic E-state index is 12.9. The quantitative estimate of drug-likeness (QED) is 0.702. The summed E-state index contributed by atoms with van der Waals surface area (Å²) in [7, 11) is -3.87. The van der Waals surface area contributed by atoms with Gasteiger partial charge in [0.15, 0.2) is 0 Å². The third kappa shape index (κ3) is 5.31. The third-order valence-corrected chi connectivity index (χ3v) is 7.61. The average molecular weight is 470 g/mol. The van der Waals surface area contributed by atoms with Crippen LogP contribution in [-0.4, -0.2) is 62.2 Å². The van der Waals surface area contributed by atoms with E-state index in [0.717, 1.165) is 5.56 Å². The zero-order valence-corrected chi connectivity index (χ0v) is 18.4. The number of sulfonamides is 1. The summed E-state index contributed by atoms with van der Waals surface area (Å²) in [4.78, 5) is 25.8. The Labute approximate surface area is 185 Å². The number of nitrogens with one attached hydrogen (secondary N) is 1. The highest BCUT2D eigenvalue weighted by molar-refractivity contribution is 7.89. The lowest BCUT2D eigenvalue weighted by molar-refractivity contribution is -0.133. The molecule has 0 aromatic heterocycles. The van der Waals surface area contributed by atoms with Crippen molar-refractivity contribution in [1.29, 1.82) is 0 Å². The summed E-state index contributed by atoms with van der Waals surface area (Å²) in [5, 5.41) is 2.73. The second kappa shape index (κ2) is 9.78. The molecule has 0 unspecified atom stereocenters. The van der Waals surface area contributed by atoms with Crippen LogP contribution in [0.2, 0.25) is 10.0 Å². The minimum Gasteiger partial charge on any atom is -0.347 e. The summed E-state index contributed by atoms with van der Waals surface area (Å²) in [6, 6.07) is 13.8. The van der Waals surface area contributed by atoms with E-state index < -0.39 is 10.0 Å². The normalized spacial score (nSPS) is 15.1. The van der Waals surface area contributed by atoms with Gasteiger partial charge in [-0.3, -0.25) is 9.59 Å². The van der Waals surface area contributed by atoms with E-state index in [-0.39, 0.29) is 65.9 Å². The minimum atomic E-state index is -3.87. The van der Waals surface area contributed by atoms with Crippen molar-refractivity contribution >= 4 is 45.0 Å². The van der Waals surface area contributed by atoms with Crippen molar-refractivity contribution < 1.29 is 18.0 Å². The van der Waals surface area contributed by atoms with Gasteiger partial charge in [-0.2, -0.15) is 4.31 Å². The van der Waals surface area contributed by atoms with E-state index in [4.69, 9.17) is 23.2 Å². The molecule has 0 atom stereocenters. The standard InChI is InChI=1S/C20H21Cl2N3O4S/c21-16-7-4-8-17(22)20(16)30(28,29)25-11-9-24(10-12-25)19(27)14-23-18(26)13-15-5-2-1-3-6-15/h1-8H,9-14H2,(H,23,26). The van der Waals surface area contributed by atoms with Crippen LogP contribution >= 0.6 is 23.2 Å². The van der Waals surface area contributed by atoms with Gasteiger partial charge >= 0.3 is 0 Å². The number of carbonyl (C=O) groups excluding carboxylic acids is 2. The number of amides is 2. The first-order chi connectivity index (χ1) is 14.3. The molecule has 0 radical (unpaired) electrons. The van der Waals surface area contributed by atoms with Crippen molar-refractivity contribution in [1.82, 2.24) is 14.5 Å². The van der Waals surface area contributed by atoms with E-state index in [2.05, 4.69) is 5.32 Å². The molecule has 1 N–H and O–H groups in total. The summed E-state index contributed by atoms with van der Waals surface area (Å²) in [6.45, 7) is 0.541. The van der Waals surface area contributed by atoms with E-state index in [0.29, 0.717) is 0 Å². The molecule has 0 spiro atoms. The van der Waals surface area contributed by atoms with Gasteiger partial charge in [0.25, 0.3) is 0 Å². The highest BCUT2D eigenvalue weighted by Gasteiger charge is 2.32. The SMILES string of the molecule is O=C(Cc1ccccc1)NCC(=O)N1CCN(S(=O)(=O)c2c(Cl)cccc2Cl)CC1. The lowest BCUT2D eigenvalue weighted by Gasteiger charge is -2.34. The third-order valence-electron chi connectivity index (χ3n) is 4.75. The van der Waals surface area contributed by atoms with Crippen molar-refractivity contribution in [2.45, 2.75) is 11.3 Å². The van der Waals surface area contributed by atoms with E-state index in [1.165, 1.54) is 21.3 Å². The van der Waals surface area contributed by atoms with Crippen molar-refractivity contribution in [3.05, 3.63) is 64.1 Å². The Hall–Kier alpha value is -2.13. The zero-order valence-electron chi connectivity index (χ0n) is 16.1. The maximum Gasteiger partial charge on any atom is 0.246 e. The van der Waals surface area contributed by atoms with Crippen molar-refractivity contribution in [3.63, 3.8) is 0 Å². The number of piperazine rings is 1. The molecule has 10 heteroatoms. The largest absolute Gasteiger partial charge is 0.347 e. The predicted octanol–water partition coefficient (Wildman–Crippen LogP) is 2.19. The molecule has 2 amide bonds. The Kier molecular flexibility index (Phi) is 7.36. The van der Waals surface area contributed by atoms with Gasteiger partial charge in [0.05, 0.1) is 23.0 Å². The maximum absolute atomic E-state index is 12.9. The minimum absolute atomic E-state index is 0.0575. The number of rotatable bonds is 6. The Morgan fingerprint density at radius 3 is 2.10 bits per heavy atom. The first-order valence-corrected chi connectivity index (χ1v) is 11.5. The molecule has 0 saturated carbocycles. The molecule has 1 saturated heterocycles. The van der Waals surface area contributed by atoms with Crippen LogP contribution in [0.5, 0.6) is 0 Å². The molecule has 0 aliphatic carbocycles. The number of hydrogen-bond acceptors (Lipinski definition) is 4. The van der Waals surface area contributed by atoms with Crippen LogP contribution < -0.4 is 5.32 Å². The lowest BCUT2D eigenvalue weighted by Crippen LogP contribution is -2.52. The number of hydrogen-bond donors (Lipinski definition) is 1. The van der Waals surface area contributed by atoms with Crippen LogP contribution in [0.25, 0.3) is 0 Å². The molecule has 7 nitrogen and oxygen atoms in total. The number of halogens is 2. The van der Waals surface area contributed by atoms with Crippen LogP contribution in [0, 0.1) is 0 Å². The van der Waals surface area contributed by atoms with Gasteiger partial charge in [0.1, 0.15) is 4.90 Å². The van der Waals surface area contributed by atoms with E-state index in [1.807, 2.05) is 30.3 Å². The molecular weight excluding hydrogens is 449 g/mol. The number of benzene rings is 2. The van der Waals surface area contributed by atoms with Gasteiger partial charge < -0.3 is 10.2 Å². The van der Waals surface area contributed by atoms with Gasteiger partial charge in [-0.05, 0) is 17.7 Å². The second-order valence-electron chi connectivity index (χ2n) is 6.77. The van der Waals surface area contributed by atoms with Crippen molar-refractivity contribution in [3.8, 4) is 0 Å². The van der Waals surface area contributed by atoms with Crippen molar-refractivity contribution in [2.75, 3.05) is 32.7 Å². The van der Waals surface area contributed by atoms with Gasteiger partial charge in [0, 0.05) is 26.2 Å². The monoisotopic (exact) mass is 469 g/mol. The molecule has 160 valence electrons. The highest BCUT2D eigenvalue weighted by atomic mass is 35.5. The molecule has 1 heterocycles. The van der Waals surface area contributed by atoms with Gasteiger partial charge in [-0.1, -0.05) is 59.6 Å². The average Bonchev–Trinajstić information content (AvgIpc) is 2.72. The molecule has 1 aliphatic heterocycles. The van der Waals surface area contributed by atoms with Crippen LogP contribution in [0.4, 0.5) is 0 Å². The summed E-state index contributed by atoms with van der Waals surface area (Å²) in [5.41, 5.74) is 0.861. The molecule has 1 fully saturated rings. The van der Waals surface area contributed by atoms with Crippen LogP contribution in [0.1, 0.15) is 5.56 Å². The summed E-state index contributed by atoms with van der Waals surface area (Å²) < 4.78 is 27.0. The van der Waals surface area contributed by atoms with Gasteiger partial charge in [-0.25, -0.2) is 8.42 Å². The van der Waals surface area contributed by atoms with E-state index in [9.17, 15) is 18.0 Å². The molecular formula is C20H21Cl2N3O4S. The van der Waals surface area contributed by atoms with Crippen LogP contribution in [0.3, 0.4) is 0 Å². The molecule has 1 aliphatic rings. The van der Waals surface area contributed by atoms with E-state index >= 15 is 0 Å². The van der Waals surface area contributed by atoms with Crippen molar-refractivity contribution in [2.24, 2.45) is 0 Å². The Bertz CT molecular complexity index is 1000. The summed E-state index contributed by atoms with van der Waals surface area (Å²) in [5.74, 6) is -0.506. The number of carbonyl (C=O) groups is 2. The van der Waals surface area contributed by atoms with Crippen LogP contribution in [0.15, 0.2) is 53.4 Å². The lowest BCUT2D eigenvalue weighted by atomic mass is 10.1. The fraction of sp³-hybridized carbons (Fsp3) is 0.300. The molecule has 30 heavy (non-hydrogen) atoms. The van der Waals surface area contributed by atoms with Crippen LogP contribution in [-0.2, 0) is 26.0 Å². The molecule has 2 aromatic carbocycles. The number of nitrogens with zero attached hydrogens (tertiary/aromatic N) is 2. The summed E-state index contributed by atoms with van der Waals surface area (Å²) >= 11 is 12.1. The van der Waals surface area contributed by atoms with Gasteiger partial charge in [0.2, 0.25) is 21.8 Å². The Balaban J connectivity index is 1.52. The molecule has 0 bridgehead atoms. The molecule has 2 aromatic rings. The highest BCUT2D eigenvalue weighted by Crippen LogP contribution is 2.31. The first kappa shape index (κ1) is 22.6. The Morgan fingerprint density at radius 1 is 0.900 bits per heavy atom. The van der Waals surface area contributed by atoms with Gasteiger partial charge in [-0.15, -0.1) is 0 Å². The smallest absolute Gasteiger partial charge is 0.246 e. The predicted molar refractivity (Wildman–Crippen MR) is 115 cm³/mol. The Morgan fingerprint density at radius 2 is 1.50 bits per heavy atom. The molecule has 3 rings (SSSR count). The zero-order chi connectivity index (χ0) is 21.7. The second-order valence-corrected chi connectivity index (χ2v) is 9.46. The topological polar surface area (TPSA) is 86.8 Å². The fourth-order valence-corrected chi connectivity index (χ4v) is 5.68. The summed E-state index contributed by atoms with van der Waals surface area (Å²) in [6.07, 6.45) is 0.193.